The second kappa shape index (κ2) is 3.53. The fraction of sp³-hybridized carbons (Fsp3) is 0.364. The van der Waals surface area contributed by atoms with Crippen molar-refractivity contribution in [2.45, 2.75) is 20.0 Å². The Morgan fingerprint density at radius 2 is 2.20 bits per heavy atom. The molecule has 0 fully saturated rings. The highest BCUT2D eigenvalue weighted by atomic mass is 19.1. The van der Waals surface area contributed by atoms with Crippen LogP contribution in [0.1, 0.15) is 13.8 Å². The molecule has 0 saturated heterocycles. The SMILES string of the molecule is CC(C)C1Oc2ccc(F)cc2NC1=O. The van der Waals surface area contributed by atoms with E-state index in [0.29, 0.717) is 11.4 Å². The van der Waals surface area contributed by atoms with Gasteiger partial charge in [0.25, 0.3) is 5.91 Å². The van der Waals surface area contributed by atoms with E-state index in [1.165, 1.54) is 18.2 Å². The molecule has 1 aliphatic heterocycles. The number of hydrogen-bond donors (Lipinski definition) is 1. The van der Waals surface area contributed by atoms with Gasteiger partial charge in [-0.1, -0.05) is 13.8 Å². The Hall–Kier alpha value is -1.58. The molecule has 4 heteroatoms. The Bertz CT molecular complexity index is 404. The molecule has 1 aliphatic rings. The standard InChI is InChI=1S/C11H12FNO2/c1-6(2)10-11(14)13-8-5-7(12)3-4-9(8)15-10/h3-6,10H,1-2H3,(H,13,14). The van der Waals surface area contributed by atoms with Crippen LogP contribution in [0, 0.1) is 11.7 Å². The van der Waals surface area contributed by atoms with Crippen LogP contribution in [0.25, 0.3) is 0 Å². The number of fused-ring (bicyclic) bond motifs is 1. The lowest BCUT2D eigenvalue weighted by atomic mass is 10.0. The maximum atomic E-state index is 12.9. The van der Waals surface area contributed by atoms with E-state index in [1.807, 2.05) is 13.8 Å². The van der Waals surface area contributed by atoms with Crippen molar-refractivity contribution < 1.29 is 13.9 Å². The molecule has 1 unspecified atom stereocenters. The molecule has 0 saturated carbocycles. The molecule has 0 aromatic heterocycles. The molecule has 0 radical (unpaired) electrons. The van der Waals surface area contributed by atoms with Crippen LogP contribution in [0.2, 0.25) is 0 Å². The summed E-state index contributed by atoms with van der Waals surface area (Å²) in [4.78, 5) is 11.6. The summed E-state index contributed by atoms with van der Waals surface area (Å²) in [6.07, 6.45) is -0.497. The van der Waals surface area contributed by atoms with Gasteiger partial charge in [-0.3, -0.25) is 4.79 Å². The topological polar surface area (TPSA) is 38.3 Å². The average Bonchev–Trinajstić information content (AvgIpc) is 2.15. The molecule has 1 aromatic carbocycles. The zero-order valence-corrected chi connectivity index (χ0v) is 8.58. The highest BCUT2D eigenvalue weighted by Crippen LogP contribution is 2.31. The average molecular weight is 209 g/mol. The Kier molecular flexibility index (Phi) is 2.34. The first-order valence-corrected chi connectivity index (χ1v) is 4.85. The Morgan fingerprint density at radius 1 is 1.47 bits per heavy atom. The number of benzene rings is 1. The summed E-state index contributed by atoms with van der Waals surface area (Å²) >= 11 is 0. The van der Waals surface area contributed by atoms with Crippen molar-refractivity contribution in [2.24, 2.45) is 5.92 Å². The first kappa shape index (κ1) is 9.96. The molecule has 0 spiro atoms. The monoisotopic (exact) mass is 209 g/mol. The summed E-state index contributed by atoms with van der Waals surface area (Å²) in [7, 11) is 0. The zero-order chi connectivity index (χ0) is 11.0. The van der Waals surface area contributed by atoms with Crippen molar-refractivity contribution in [3.05, 3.63) is 24.0 Å². The molecule has 1 aromatic rings. The number of anilines is 1. The zero-order valence-electron chi connectivity index (χ0n) is 8.58. The van der Waals surface area contributed by atoms with E-state index >= 15 is 0 Å². The first-order chi connectivity index (χ1) is 7.08. The number of halogens is 1. The predicted molar refractivity (Wildman–Crippen MR) is 54.3 cm³/mol. The van der Waals surface area contributed by atoms with Gasteiger partial charge in [0, 0.05) is 6.07 Å². The number of nitrogens with one attached hydrogen (secondary N) is 1. The quantitative estimate of drug-likeness (QED) is 0.769. The van der Waals surface area contributed by atoms with Crippen LogP contribution in [0.3, 0.4) is 0 Å². The third-order valence-corrected chi connectivity index (χ3v) is 2.32. The fourth-order valence-corrected chi connectivity index (χ4v) is 1.54. The summed E-state index contributed by atoms with van der Waals surface area (Å²) in [5.74, 6) is 0.00153. The van der Waals surface area contributed by atoms with Crippen LogP contribution in [0.15, 0.2) is 18.2 Å². The van der Waals surface area contributed by atoms with Crippen LogP contribution in [0.4, 0.5) is 10.1 Å². The van der Waals surface area contributed by atoms with Crippen molar-refractivity contribution in [1.82, 2.24) is 0 Å². The molecule has 1 amide bonds. The Labute approximate surface area is 87.2 Å². The van der Waals surface area contributed by atoms with Gasteiger partial charge in [-0.15, -0.1) is 0 Å². The summed E-state index contributed by atoms with van der Waals surface area (Å²) < 4.78 is 18.4. The molecule has 0 bridgehead atoms. The molecule has 1 N–H and O–H groups in total. The number of carbonyl (C=O) groups excluding carboxylic acids is 1. The predicted octanol–water partition coefficient (Wildman–Crippen LogP) is 2.18. The van der Waals surface area contributed by atoms with E-state index in [-0.39, 0.29) is 17.6 Å². The first-order valence-electron chi connectivity index (χ1n) is 4.85. The van der Waals surface area contributed by atoms with Gasteiger partial charge < -0.3 is 10.1 Å². The number of rotatable bonds is 1. The normalized spacial score (nSPS) is 19.5. The Morgan fingerprint density at radius 3 is 2.87 bits per heavy atom. The van der Waals surface area contributed by atoms with Crippen LogP contribution in [-0.2, 0) is 4.79 Å². The number of carbonyl (C=O) groups is 1. The summed E-state index contributed by atoms with van der Waals surface area (Å²) in [5.41, 5.74) is 0.400. The number of hydrogen-bond acceptors (Lipinski definition) is 2. The van der Waals surface area contributed by atoms with Gasteiger partial charge in [0.2, 0.25) is 0 Å². The highest BCUT2D eigenvalue weighted by molar-refractivity contribution is 5.97. The molecule has 1 heterocycles. The minimum atomic E-state index is -0.497. The molecule has 3 nitrogen and oxygen atoms in total. The lowest BCUT2D eigenvalue weighted by Crippen LogP contribution is -2.40. The highest BCUT2D eigenvalue weighted by Gasteiger charge is 2.30. The summed E-state index contributed by atoms with van der Waals surface area (Å²) in [6, 6.07) is 4.09. The van der Waals surface area contributed by atoms with Crippen molar-refractivity contribution in [2.75, 3.05) is 5.32 Å². The van der Waals surface area contributed by atoms with Gasteiger partial charge in [-0.2, -0.15) is 0 Å². The minimum Gasteiger partial charge on any atom is -0.478 e. The van der Waals surface area contributed by atoms with Gasteiger partial charge in [-0.05, 0) is 18.1 Å². The molecular weight excluding hydrogens is 197 g/mol. The lowest BCUT2D eigenvalue weighted by Gasteiger charge is -2.28. The molecule has 1 atom stereocenters. The van der Waals surface area contributed by atoms with E-state index in [0.717, 1.165) is 0 Å². The van der Waals surface area contributed by atoms with Crippen molar-refractivity contribution >= 4 is 11.6 Å². The third kappa shape index (κ3) is 1.79. The van der Waals surface area contributed by atoms with Gasteiger partial charge in [0.1, 0.15) is 11.6 Å². The van der Waals surface area contributed by atoms with Crippen LogP contribution < -0.4 is 10.1 Å². The number of amides is 1. The molecule has 15 heavy (non-hydrogen) atoms. The minimum absolute atomic E-state index is 0.0863. The van der Waals surface area contributed by atoms with Crippen LogP contribution in [0.5, 0.6) is 5.75 Å². The lowest BCUT2D eigenvalue weighted by molar-refractivity contribution is -0.125. The maximum absolute atomic E-state index is 12.9. The second-order valence-electron chi connectivity index (χ2n) is 3.91. The smallest absolute Gasteiger partial charge is 0.265 e. The summed E-state index contributed by atoms with van der Waals surface area (Å²) in [5, 5.41) is 2.63. The van der Waals surface area contributed by atoms with Gasteiger partial charge in [0.05, 0.1) is 5.69 Å². The van der Waals surface area contributed by atoms with Crippen LogP contribution in [-0.4, -0.2) is 12.0 Å². The molecule has 2 rings (SSSR count). The molecule has 80 valence electrons. The van der Waals surface area contributed by atoms with Crippen molar-refractivity contribution in [3.63, 3.8) is 0 Å². The van der Waals surface area contributed by atoms with Crippen LogP contribution >= 0.6 is 0 Å². The van der Waals surface area contributed by atoms with E-state index < -0.39 is 6.10 Å². The van der Waals surface area contributed by atoms with Gasteiger partial charge in [0.15, 0.2) is 6.10 Å². The third-order valence-electron chi connectivity index (χ3n) is 2.32. The molecule has 0 aliphatic carbocycles. The van der Waals surface area contributed by atoms with E-state index in [4.69, 9.17) is 4.74 Å². The van der Waals surface area contributed by atoms with E-state index in [9.17, 15) is 9.18 Å². The maximum Gasteiger partial charge on any atom is 0.265 e. The fourth-order valence-electron chi connectivity index (χ4n) is 1.54. The van der Waals surface area contributed by atoms with Gasteiger partial charge >= 0.3 is 0 Å². The largest absolute Gasteiger partial charge is 0.478 e. The van der Waals surface area contributed by atoms with E-state index in [2.05, 4.69) is 5.32 Å². The van der Waals surface area contributed by atoms with Crippen molar-refractivity contribution in [1.29, 1.82) is 0 Å². The summed E-state index contributed by atoms with van der Waals surface area (Å²) in [6.45, 7) is 3.80. The van der Waals surface area contributed by atoms with Gasteiger partial charge in [-0.25, -0.2) is 4.39 Å². The molecular formula is C11H12FNO2. The second-order valence-corrected chi connectivity index (χ2v) is 3.91. The Balaban J connectivity index is 2.34. The van der Waals surface area contributed by atoms with E-state index in [1.54, 1.807) is 0 Å². The number of ether oxygens (including phenoxy) is 1. The van der Waals surface area contributed by atoms with Crippen molar-refractivity contribution in [3.8, 4) is 5.75 Å².